The molecule has 0 aliphatic carbocycles. The SMILES string of the molecule is CCNC(Cc1cc(F)ccc1C)C(CC)(CC)OC. The maximum atomic E-state index is 13.5. The van der Waals surface area contributed by atoms with Gasteiger partial charge in [-0.3, -0.25) is 0 Å². The Bertz CT molecular complexity index is 407. The van der Waals surface area contributed by atoms with Crippen molar-refractivity contribution in [2.75, 3.05) is 13.7 Å². The molecule has 0 amide bonds. The quantitative estimate of drug-likeness (QED) is 0.781. The molecule has 1 aromatic rings. The molecule has 0 aliphatic rings. The molecule has 1 N–H and O–H groups in total. The molecule has 0 heterocycles. The molecule has 3 heteroatoms. The second kappa shape index (κ2) is 7.75. The smallest absolute Gasteiger partial charge is 0.123 e. The number of rotatable bonds is 8. The highest BCUT2D eigenvalue weighted by Gasteiger charge is 2.35. The zero-order valence-electron chi connectivity index (χ0n) is 13.4. The third-order valence-electron chi connectivity index (χ3n) is 4.42. The molecule has 0 spiro atoms. The summed E-state index contributed by atoms with van der Waals surface area (Å²) >= 11 is 0. The molecule has 1 aromatic carbocycles. The average molecular weight is 281 g/mol. The van der Waals surface area contributed by atoms with E-state index in [0.29, 0.717) is 0 Å². The second-order valence-corrected chi connectivity index (χ2v) is 5.36. The van der Waals surface area contributed by atoms with Gasteiger partial charge in [0.2, 0.25) is 0 Å². The number of halogens is 1. The molecule has 20 heavy (non-hydrogen) atoms. The molecule has 2 nitrogen and oxygen atoms in total. The van der Waals surface area contributed by atoms with E-state index in [4.69, 9.17) is 4.74 Å². The van der Waals surface area contributed by atoms with E-state index in [0.717, 1.165) is 36.9 Å². The molecule has 0 bridgehead atoms. The molecule has 0 aromatic heterocycles. The third kappa shape index (κ3) is 3.80. The molecular formula is C17H28FNO. The van der Waals surface area contributed by atoms with Crippen molar-refractivity contribution in [2.24, 2.45) is 0 Å². The summed E-state index contributed by atoms with van der Waals surface area (Å²) in [6.07, 6.45) is 2.66. The van der Waals surface area contributed by atoms with Crippen molar-refractivity contribution in [1.29, 1.82) is 0 Å². The molecule has 0 saturated carbocycles. The minimum atomic E-state index is -0.200. The van der Waals surface area contributed by atoms with Gasteiger partial charge in [0.15, 0.2) is 0 Å². The van der Waals surface area contributed by atoms with Crippen LogP contribution in [0, 0.1) is 12.7 Å². The van der Waals surface area contributed by atoms with E-state index in [1.54, 1.807) is 13.2 Å². The lowest BCUT2D eigenvalue weighted by molar-refractivity contribution is -0.0469. The van der Waals surface area contributed by atoms with Crippen molar-refractivity contribution in [2.45, 2.75) is 58.6 Å². The number of likely N-dealkylation sites (N-methyl/N-ethyl adjacent to an activating group) is 1. The van der Waals surface area contributed by atoms with Gasteiger partial charge < -0.3 is 10.1 Å². The van der Waals surface area contributed by atoms with Gasteiger partial charge in [0.05, 0.1) is 5.60 Å². The van der Waals surface area contributed by atoms with Crippen LogP contribution in [0.2, 0.25) is 0 Å². The van der Waals surface area contributed by atoms with Crippen molar-refractivity contribution >= 4 is 0 Å². The van der Waals surface area contributed by atoms with Gasteiger partial charge in [-0.05, 0) is 56.0 Å². The largest absolute Gasteiger partial charge is 0.377 e. The third-order valence-corrected chi connectivity index (χ3v) is 4.42. The van der Waals surface area contributed by atoms with Crippen LogP contribution in [0.1, 0.15) is 44.7 Å². The fraction of sp³-hybridized carbons (Fsp3) is 0.647. The van der Waals surface area contributed by atoms with Crippen LogP contribution in [0.15, 0.2) is 18.2 Å². The van der Waals surface area contributed by atoms with Gasteiger partial charge in [0.25, 0.3) is 0 Å². The van der Waals surface area contributed by atoms with E-state index in [-0.39, 0.29) is 17.5 Å². The predicted octanol–water partition coefficient (Wildman–Crippen LogP) is 3.86. The van der Waals surface area contributed by atoms with Gasteiger partial charge in [-0.2, -0.15) is 0 Å². The highest BCUT2D eigenvalue weighted by Crippen LogP contribution is 2.27. The summed E-state index contributed by atoms with van der Waals surface area (Å²) in [5, 5.41) is 3.52. The number of benzene rings is 1. The van der Waals surface area contributed by atoms with Gasteiger partial charge in [-0.25, -0.2) is 4.39 Å². The summed E-state index contributed by atoms with van der Waals surface area (Å²) in [5.74, 6) is -0.170. The van der Waals surface area contributed by atoms with E-state index in [2.05, 4.69) is 26.1 Å². The van der Waals surface area contributed by atoms with Gasteiger partial charge in [0, 0.05) is 13.2 Å². The Kier molecular flexibility index (Phi) is 6.63. The van der Waals surface area contributed by atoms with E-state index >= 15 is 0 Å². The van der Waals surface area contributed by atoms with Crippen LogP contribution >= 0.6 is 0 Å². The Labute approximate surface area is 122 Å². The number of hydrogen-bond acceptors (Lipinski definition) is 2. The van der Waals surface area contributed by atoms with Crippen LogP contribution in [0.4, 0.5) is 4.39 Å². The molecule has 114 valence electrons. The molecule has 1 unspecified atom stereocenters. The van der Waals surface area contributed by atoms with Crippen molar-refractivity contribution in [3.63, 3.8) is 0 Å². The van der Waals surface area contributed by atoms with E-state index in [1.165, 1.54) is 6.07 Å². The van der Waals surface area contributed by atoms with Crippen molar-refractivity contribution in [3.8, 4) is 0 Å². The first-order chi connectivity index (χ1) is 9.52. The molecule has 0 fully saturated rings. The summed E-state index contributed by atoms with van der Waals surface area (Å²) in [4.78, 5) is 0. The molecule has 1 atom stereocenters. The first kappa shape index (κ1) is 17.1. The topological polar surface area (TPSA) is 21.3 Å². The first-order valence-electron chi connectivity index (χ1n) is 7.56. The summed E-state index contributed by atoms with van der Waals surface area (Å²) < 4.78 is 19.3. The van der Waals surface area contributed by atoms with Crippen molar-refractivity contribution in [3.05, 3.63) is 35.1 Å². The lowest BCUT2D eigenvalue weighted by Gasteiger charge is -2.39. The average Bonchev–Trinajstić information content (AvgIpc) is 2.45. The highest BCUT2D eigenvalue weighted by atomic mass is 19.1. The number of hydrogen-bond donors (Lipinski definition) is 1. The van der Waals surface area contributed by atoms with Crippen molar-refractivity contribution < 1.29 is 9.13 Å². The lowest BCUT2D eigenvalue weighted by Crippen LogP contribution is -2.52. The normalized spacial score (nSPS) is 13.5. The zero-order valence-corrected chi connectivity index (χ0v) is 13.4. The Morgan fingerprint density at radius 2 is 1.90 bits per heavy atom. The summed E-state index contributed by atoms with van der Waals surface area (Å²) in [7, 11) is 1.77. The van der Waals surface area contributed by atoms with Gasteiger partial charge in [-0.15, -0.1) is 0 Å². The monoisotopic (exact) mass is 281 g/mol. The predicted molar refractivity (Wildman–Crippen MR) is 82.6 cm³/mol. The Hall–Kier alpha value is -0.930. The summed E-state index contributed by atoms with van der Waals surface area (Å²) in [5.41, 5.74) is 1.99. The number of ether oxygens (including phenoxy) is 1. The summed E-state index contributed by atoms with van der Waals surface area (Å²) in [6.45, 7) is 9.30. The van der Waals surface area contributed by atoms with Crippen LogP contribution < -0.4 is 5.32 Å². The Balaban J connectivity index is 3.05. The zero-order chi connectivity index (χ0) is 15.2. The maximum absolute atomic E-state index is 13.5. The molecule has 0 aliphatic heterocycles. The number of nitrogens with one attached hydrogen (secondary N) is 1. The number of aryl methyl sites for hydroxylation is 1. The lowest BCUT2D eigenvalue weighted by atomic mass is 9.83. The van der Waals surface area contributed by atoms with Crippen LogP contribution in [-0.4, -0.2) is 25.3 Å². The summed E-state index contributed by atoms with van der Waals surface area (Å²) in [6, 6.07) is 5.20. The van der Waals surface area contributed by atoms with Crippen LogP contribution in [0.3, 0.4) is 0 Å². The number of methoxy groups -OCH3 is 1. The molecule has 1 rings (SSSR count). The standard InChI is InChI=1S/C17H28FNO/c1-6-17(7-2,20-5)16(19-8-3)12-14-11-15(18)10-9-13(14)4/h9-11,16,19H,6-8,12H2,1-5H3. The van der Waals surface area contributed by atoms with E-state index in [9.17, 15) is 4.39 Å². The van der Waals surface area contributed by atoms with E-state index in [1.807, 2.05) is 13.0 Å². The highest BCUT2D eigenvalue weighted by molar-refractivity contribution is 5.28. The Morgan fingerprint density at radius 1 is 1.25 bits per heavy atom. The second-order valence-electron chi connectivity index (χ2n) is 5.36. The van der Waals surface area contributed by atoms with Gasteiger partial charge in [-0.1, -0.05) is 26.8 Å². The minimum Gasteiger partial charge on any atom is -0.377 e. The molecule has 0 saturated heterocycles. The van der Waals surface area contributed by atoms with E-state index < -0.39 is 0 Å². The van der Waals surface area contributed by atoms with Crippen LogP contribution in [-0.2, 0) is 11.2 Å². The van der Waals surface area contributed by atoms with Crippen molar-refractivity contribution in [1.82, 2.24) is 5.32 Å². The first-order valence-corrected chi connectivity index (χ1v) is 7.56. The molecule has 0 radical (unpaired) electrons. The fourth-order valence-corrected chi connectivity index (χ4v) is 2.94. The maximum Gasteiger partial charge on any atom is 0.123 e. The Morgan fingerprint density at radius 3 is 2.40 bits per heavy atom. The van der Waals surface area contributed by atoms with Crippen LogP contribution in [0.5, 0.6) is 0 Å². The molecular weight excluding hydrogens is 253 g/mol. The fourth-order valence-electron chi connectivity index (χ4n) is 2.94. The van der Waals surface area contributed by atoms with Gasteiger partial charge in [0.1, 0.15) is 5.82 Å². The van der Waals surface area contributed by atoms with Crippen LogP contribution in [0.25, 0.3) is 0 Å². The van der Waals surface area contributed by atoms with Gasteiger partial charge >= 0.3 is 0 Å². The minimum absolute atomic E-state index is 0.170.